The van der Waals surface area contributed by atoms with E-state index in [0.717, 1.165) is 12.8 Å². The molecule has 0 aliphatic rings. The van der Waals surface area contributed by atoms with Crippen LogP contribution in [0.5, 0.6) is 0 Å². The van der Waals surface area contributed by atoms with Gasteiger partial charge in [0.05, 0.1) is 18.8 Å². The number of nitriles is 1. The fourth-order valence-corrected chi connectivity index (χ4v) is 1.11. The molecule has 7 nitrogen and oxygen atoms in total. The molecule has 0 saturated heterocycles. The van der Waals surface area contributed by atoms with Crippen LogP contribution in [0.25, 0.3) is 0 Å². The van der Waals surface area contributed by atoms with Crippen LogP contribution in [0.2, 0.25) is 0 Å². The summed E-state index contributed by atoms with van der Waals surface area (Å²) in [4.78, 5) is 5.32. The Morgan fingerprint density at radius 2 is 2.50 bits per heavy atom. The minimum Gasteiger partial charge on any atom is -0.370 e. The van der Waals surface area contributed by atoms with Crippen molar-refractivity contribution in [3.05, 3.63) is 6.20 Å². The Morgan fingerprint density at radius 1 is 1.69 bits per heavy atom. The first kappa shape index (κ1) is 12.0. The van der Waals surface area contributed by atoms with Crippen LogP contribution in [0.15, 0.2) is 11.2 Å². The smallest absolute Gasteiger partial charge is 0.194 e. The Labute approximate surface area is 94.0 Å². The molecular weight excluding hydrogens is 206 g/mol. The molecule has 0 fully saturated rings. The molecule has 1 heterocycles. The molecule has 1 aromatic heterocycles. The van der Waals surface area contributed by atoms with E-state index in [1.54, 1.807) is 18.0 Å². The van der Waals surface area contributed by atoms with Gasteiger partial charge in [0.25, 0.3) is 0 Å². The second-order valence-electron chi connectivity index (χ2n) is 3.17. The zero-order valence-corrected chi connectivity index (χ0v) is 9.22. The average Bonchev–Trinajstić information content (AvgIpc) is 2.72. The van der Waals surface area contributed by atoms with Crippen LogP contribution in [0, 0.1) is 11.3 Å². The lowest BCUT2D eigenvalue weighted by molar-refractivity contribution is 0.503. The summed E-state index contributed by atoms with van der Waals surface area (Å²) in [5.41, 5.74) is 5.48. The minimum atomic E-state index is 0.302. The molecule has 0 spiro atoms. The lowest BCUT2D eigenvalue weighted by atomic mass is 10.2. The van der Waals surface area contributed by atoms with Crippen molar-refractivity contribution in [2.75, 3.05) is 12.4 Å². The van der Waals surface area contributed by atoms with Crippen molar-refractivity contribution in [1.82, 2.24) is 15.0 Å². The van der Waals surface area contributed by atoms with Gasteiger partial charge in [0, 0.05) is 13.5 Å². The van der Waals surface area contributed by atoms with E-state index in [4.69, 9.17) is 11.0 Å². The number of hydrogen-bond donors (Lipinski definition) is 2. The molecule has 1 rings (SSSR count). The highest BCUT2D eigenvalue weighted by Crippen LogP contribution is 2.01. The van der Waals surface area contributed by atoms with Crippen molar-refractivity contribution in [2.24, 2.45) is 10.7 Å². The van der Waals surface area contributed by atoms with Gasteiger partial charge in [-0.2, -0.15) is 15.2 Å². The summed E-state index contributed by atoms with van der Waals surface area (Å²) in [7, 11) is 1.59. The molecule has 0 unspecified atom stereocenters. The third-order valence-electron chi connectivity index (χ3n) is 1.93. The average molecular weight is 221 g/mol. The van der Waals surface area contributed by atoms with Gasteiger partial charge in [-0.25, -0.2) is 0 Å². The van der Waals surface area contributed by atoms with Gasteiger partial charge in [0.1, 0.15) is 0 Å². The van der Waals surface area contributed by atoms with Gasteiger partial charge in [-0.05, 0) is 12.8 Å². The second-order valence-corrected chi connectivity index (χ2v) is 3.17. The van der Waals surface area contributed by atoms with E-state index in [9.17, 15) is 0 Å². The van der Waals surface area contributed by atoms with Crippen LogP contribution >= 0.6 is 0 Å². The summed E-state index contributed by atoms with van der Waals surface area (Å²) in [6.07, 6.45) is 3.91. The molecule has 0 aromatic carbocycles. The molecular formula is C9H15N7. The standard InChI is InChI=1S/C9H15N7/c1-12-9(11)14-8-7-13-16(15-8)6-4-2-3-5-10/h7H,2-4,6H2,1H3,(H3,11,12,14,15). The van der Waals surface area contributed by atoms with Crippen LogP contribution in [0.1, 0.15) is 19.3 Å². The molecule has 0 amide bonds. The monoisotopic (exact) mass is 221 g/mol. The molecule has 3 N–H and O–H groups in total. The number of unbranched alkanes of at least 4 members (excludes halogenated alkanes) is 2. The predicted octanol–water partition coefficient (Wildman–Crippen LogP) is 0.328. The van der Waals surface area contributed by atoms with Crippen molar-refractivity contribution in [1.29, 1.82) is 5.26 Å². The van der Waals surface area contributed by atoms with E-state index in [1.165, 1.54) is 0 Å². The highest BCUT2D eigenvalue weighted by molar-refractivity contribution is 5.90. The molecule has 0 aliphatic heterocycles. The Balaban J connectivity index is 2.37. The molecule has 0 bridgehead atoms. The number of rotatable bonds is 5. The predicted molar refractivity (Wildman–Crippen MR) is 60.7 cm³/mol. The van der Waals surface area contributed by atoms with Crippen LogP contribution in [-0.2, 0) is 6.54 Å². The number of aryl methyl sites for hydroxylation is 1. The first-order valence-electron chi connectivity index (χ1n) is 5.02. The Hall–Kier alpha value is -2.10. The normalized spacial score (nSPS) is 11.1. The number of aliphatic imine (C=N–C) groups is 1. The van der Waals surface area contributed by atoms with E-state index in [-0.39, 0.29) is 0 Å². The Bertz CT molecular complexity index is 387. The van der Waals surface area contributed by atoms with E-state index < -0.39 is 0 Å². The van der Waals surface area contributed by atoms with Gasteiger partial charge in [-0.15, -0.1) is 5.10 Å². The van der Waals surface area contributed by atoms with Crippen LogP contribution in [-0.4, -0.2) is 28.0 Å². The molecule has 0 atom stereocenters. The second kappa shape index (κ2) is 6.40. The lowest BCUT2D eigenvalue weighted by Gasteiger charge is -1.99. The zero-order chi connectivity index (χ0) is 11.8. The molecule has 0 saturated carbocycles. The van der Waals surface area contributed by atoms with Gasteiger partial charge >= 0.3 is 0 Å². The summed E-state index contributed by atoms with van der Waals surface area (Å²) in [5.74, 6) is 0.875. The van der Waals surface area contributed by atoms with Crippen molar-refractivity contribution in [2.45, 2.75) is 25.8 Å². The van der Waals surface area contributed by atoms with E-state index in [0.29, 0.717) is 24.7 Å². The molecule has 0 aliphatic carbocycles. The van der Waals surface area contributed by atoms with E-state index >= 15 is 0 Å². The summed E-state index contributed by atoms with van der Waals surface area (Å²) >= 11 is 0. The number of guanidine groups is 1. The van der Waals surface area contributed by atoms with E-state index in [2.05, 4.69) is 26.6 Å². The van der Waals surface area contributed by atoms with Crippen LogP contribution < -0.4 is 11.1 Å². The number of nitrogens with two attached hydrogens (primary N) is 1. The Morgan fingerprint density at radius 3 is 3.19 bits per heavy atom. The summed E-state index contributed by atoms with van der Waals surface area (Å²) in [6, 6.07) is 2.10. The number of nitrogens with zero attached hydrogens (tertiary/aromatic N) is 5. The van der Waals surface area contributed by atoms with E-state index in [1.807, 2.05) is 0 Å². The summed E-state index contributed by atoms with van der Waals surface area (Å²) in [6.45, 7) is 0.701. The topological polar surface area (TPSA) is 105 Å². The molecule has 7 heteroatoms. The van der Waals surface area contributed by atoms with Crippen molar-refractivity contribution in [3.8, 4) is 6.07 Å². The van der Waals surface area contributed by atoms with Crippen molar-refractivity contribution in [3.63, 3.8) is 0 Å². The number of nitrogens with one attached hydrogen (secondary N) is 1. The van der Waals surface area contributed by atoms with Gasteiger partial charge in [-0.3, -0.25) is 4.99 Å². The van der Waals surface area contributed by atoms with Crippen LogP contribution in [0.4, 0.5) is 5.82 Å². The highest BCUT2D eigenvalue weighted by Gasteiger charge is 2.00. The van der Waals surface area contributed by atoms with Crippen molar-refractivity contribution >= 4 is 11.8 Å². The number of hydrogen-bond acceptors (Lipinski definition) is 4. The van der Waals surface area contributed by atoms with Gasteiger partial charge in [-0.1, -0.05) is 0 Å². The zero-order valence-electron chi connectivity index (χ0n) is 9.22. The minimum absolute atomic E-state index is 0.302. The van der Waals surface area contributed by atoms with Crippen LogP contribution in [0.3, 0.4) is 0 Å². The largest absolute Gasteiger partial charge is 0.370 e. The molecule has 86 valence electrons. The highest BCUT2D eigenvalue weighted by atomic mass is 15.5. The third-order valence-corrected chi connectivity index (χ3v) is 1.93. The van der Waals surface area contributed by atoms with Crippen molar-refractivity contribution < 1.29 is 0 Å². The fraction of sp³-hybridized carbons (Fsp3) is 0.556. The van der Waals surface area contributed by atoms with Gasteiger partial charge < -0.3 is 11.1 Å². The first-order valence-corrected chi connectivity index (χ1v) is 5.02. The lowest BCUT2D eigenvalue weighted by Crippen LogP contribution is -2.22. The van der Waals surface area contributed by atoms with Gasteiger partial charge in [0.2, 0.25) is 0 Å². The maximum atomic E-state index is 8.37. The maximum absolute atomic E-state index is 8.37. The maximum Gasteiger partial charge on any atom is 0.194 e. The summed E-state index contributed by atoms with van der Waals surface area (Å²) in [5, 5.41) is 19.4. The van der Waals surface area contributed by atoms with Gasteiger partial charge in [0.15, 0.2) is 11.8 Å². The molecule has 0 radical (unpaired) electrons. The SMILES string of the molecule is C/N=C(/N)Nc1cnn(CCCCC#N)n1. The summed E-state index contributed by atoms with van der Waals surface area (Å²) < 4.78 is 0. The third kappa shape index (κ3) is 3.96. The first-order chi connectivity index (χ1) is 7.76. The fourth-order valence-electron chi connectivity index (χ4n) is 1.11. The number of aromatic nitrogens is 3. The molecule has 1 aromatic rings. The number of anilines is 1. The molecule has 16 heavy (non-hydrogen) atoms. The quantitative estimate of drug-likeness (QED) is 0.423. The Kier molecular flexibility index (Phi) is 4.79.